The first-order valence-corrected chi connectivity index (χ1v) is 11.9. The fraction of sp³-hybridized carbons (Fsp3) is 0.375. The minimum atomic E-state index is -0.402. The molecule has 5 heterocycles. The Morgan fingerprint density at radius 2 is 2.05 bits per heavy atom. The summed E-state index contributed by atoms with van der Waals surface area (Å²) >= 11 is 0. The van der Waals surface area contributed by atoms with Gasteiger partial charge in [0.1, 0.15) is 11.6 Å². The maximum Gasteiger partial charge on any atom is 0.297 e. The van der Waals surface area contributed by atoms with Gasteiger partial charge in [0.25, 0.3) is 11.9 Å². The van der Waals surface area contributed by atoms with Crippen molar-refractivity contribution in [2.75, 3.05) is 62.0 Å². The number of pyridine rings is 2. The first-order valence-electron chi connectivity index (χ1n) is 11.9. The summed E-state index contributed by atoms with van der Waals surface area (Å²) in [5.41, 5.74) is 2.48. The Labute approximate surface area is 212 Å². The number of aliphatic hydroxyl groups excluding tert-OH is 2. The topological polar surface area (TPSA) is 158 Å². The zero-order valence-electron chi connectivity index (χ0n) is 20.6. The van der Waals surface area contributed by atoms with Gasteiger partial charge in [-0.1, -0.05) is 6.07 Å². The van der Waals surface area contributed by atoms with Crippen LogP contribution in [0.4, 0.5) is 17.7 Å². The molecule has 13 nitrogen and oxygen atoms in total. The number of aliphatic hydroxyl groups is 2. The molecule has 1 fully saturated rings. The lowest BCUT2D eigenvalue weighted by Crippen LogP contribution is -2.53. The zero-order chi connectivity index (χ0) is 25.9. The number of fused-ring (bicyclic) bond motifs is 1. The van der Waals surface area contributed by atoms with Crippen LogP contribution in [-0.4, -0.2) is 98.2 Å². The minimum absolute atomic E-state index is 0.0129. The Balaban J connectivity index is 1.49. The van der Waals surface area contributed by atoms with E-state index in [2.05, 4.69) is 35.6 Å². The third-order valence-electron chi connectivity index (χ3n) is 6.27. The summed E-state index contributed by atoms with van der Waals surface area (Å²) in [7, 11) is 3.79. The molecule has 1 unspecified atom stereocenters. The summed E-state index contributed by atoms with van der Waals surface area (Å²) in [6.07, 6.45) is 3.56. The van der Waals surface area contributed by atoms with E-state index in [0.29, 0.717) is 53.8 Å². The van der Waals surface area contributed by atoms with Crippen molar-refractivity contribution in [3.63, 3.8) is 0 Å². The molecule has 1 aliphatic heterocycles. The van der Waals surface area contributed by atoms with E-state index in [1.54, 1.807) is 23.0 Å². The maximum atomic E-state index is 13.6. The normalized spacial score (nSPS) is 16.3. The smallest absolute Gasteiger partial charge is 0.297 e. The van der Waals surface area contributed by atoms with Gasteiger partial charge in [0, 0.05) is 51.1 Å². The van der Waals surface area contributed by atoms with Gasteiger partial charge in [-0.15, -0.1) is 0 Å². The third kappa shape index (κ3) is 5.23. The van der Waals surface area contributed by atoms with Gasteiger partial charge in [0.2, 0.25) is 5.65 Å². The highest BCUT2D eigenvalue weighted by Gasteiger charge is 2.29. The molecule has 1 amide bonds. The lowest BCUT2D eigenvalue weighted by atomic mass is 10.1. The van der Waals surface area contributed by atoms with Gasteiger partial charge in [-0.05, 0) is 19.2 Å². The molecular weight excluding hydrogens is 478 g/mol. The first-order chi connectivity index (χ1) is 17.9. The van der Waals surface area contributed by atoms with Gasteiger partial charge in [0.15, 0.2) is 5.58 Å². The van der Waals surface area contributed by atoms with Crippen molar-refractivity contribution in [3.8, 4) is 11.3 Å². The van der Waals surface area contributed by atoms with Crippen molar-refractivity contribution in [1.82, 2.24) is 29.6 Å². The van der Waals surface area contributed by atoms with Gasteiger partial charge >= 0.3 is 0 Å². The van der Waals surface area contributed by atoms with E-state index < -0.39 is 5.91 Å². The Hall–Kier alpha value is -4.07. The fourth-order valence-corrected chi connectivity index (χ4v) is 4.24. The number of aryl methyl sites for hydroxylation is 1. The fourth-order valence-electron chi connectivity index (χ4n) is 4.24. The summed E-state index contributed by atoms with van der Waals surface area (Å²) in [4.78, 5) is 31.2. The molecule has 37 heavy (non-hydrogen) atoms. The number of carbonyl (C=O) groups is 1. The molecular formula is C24H29N9O4. The van der Waals surface area contributed by atoms with Crippen molar-refractivity contribution in [2.45, 2.75) is 6.04 Å². The average Bonchev–Trinajstić information content (AvgIpc) is 3.52. The van der Waals surface area contributed by atoms with E-state index in [1.807, 2.05) is 37.3 Å². The number of hydrogen-bond acceptors (Lipinski definition) is 11. The van der Waals surface area contributed by atoms with Crippen molar-refractivity contribution < 1.29 is 19.4 Å². The van der Waals surface area contributed by atoms with E-state index in [-0.39, 0.29) is 31.8 Å². The van der Waals surface area contributed by atoms with E-state index in [1.165, 1.54) is 0 Å². The summed E-state index contributed by atoms with van der Waals surface area (Å²) in [5.74, 6) is 0.426. The number of nitrogens with zero attached hydrogens (tertiary/aromatic N) is 7. The average molecular weight is 508 g/mol. The van der Waals surface area contributed by atoms with Crippen molar-refractivity contribution in [1.29, 1.82) is 0 Å². The second-order valence-electron chi connectivity index (χ2n) is 8.88. The second kappa shape index (κ2) is 10.5. The molecule has 0 aromatic carbocycles. The second-order valence-corrected chi connectivity index (χ2v) is 8.88. The summed E-state index contributed by atoms with van der Waals surface area (Å²) in [6.45, 7) is 1.98. The SMILES string of the molecule is CN1CCN(c2nc3nc(NCCO)oc3cc2C(=O)Nc2cccc(-c3cnn(C)c3)n2)CC1CO. The third-order valence-corrected chi connectivity index (χ3v) is 6.27. The number of hydrogen-bond donors (Lipinski definition) is 4. The molecule has 0 spiro atoms. The van der Waals surface area contributed by atoms with Crippen molar-refractivity contribution in [2.24, 2.45) is 7.05 Å². The molecule has 4 N–H and O–H groups in total. The van der Waals surface area contributed by atoms with Crippen LogP contribution in [0.15, 0.2) is 41.1 Å². The van der Waals surface area contributed by atoms with Crippen LogP contribution in [0.3, 0.4) is 0 Å². The summed E-state index contributed by atoms with van der Waals surface area (Å²) in [5, 5.41) is 28.9. The lowest BCUT2D eigenvalue weighted by Gasteiger charge is -2.39. The molecule has 13 heteroatoms. The van der Waals surface area contributed by atoms with Gasteiger partial charge in [0.05, 0.1) is 36.7 Å². The number of piperazine rings is 1. The number of amides is 1. The maximum absolute atomic E-state index is 13.6. The van der Waals surface area contributed by atoms with Gasteiger partial charge < -0.3 is 30.2 Å². The first kappa shape index (κ1) is 24.6. The van der Waals surface area contributed by atoms with Gasteiger partial charge in [-0.25, -0.2) is 9.97 Å². The molecule has 0 saturated carbocycles. The highest BCUT2D eigenvalue weighted by atomic mass is 16.4. The number of likely N-dealkylation sites (N-methyl/N-ethyl adjacent to an activating group) is 1. The Morgan fingerprint density at radius 1 is 1.19 bits per heavy atom. The Morgan fingerprint density at radius 3 is 2.81 bits per heavy atom. The molecule has 4 aromatic rings. The van der Waals surface area contributed by atoms with E-state index in [0.717, 1.165) is 5.56 Å². The molecule has 5 rings (SSSR count). The van der Waals surface area contributed by atoms with E-state index in [9.17, 15) is 9.90 Å². The molecule has 194 valence electrons. The number of nitrogens with one attached hydrogen (secondary N) is 2. The molecule has 4 aromatic heterocycles. The predicted molar refractivity (Wildman–Crippen MR) is 137 cm³/mol. The number of aromatic nitrogens is 5. The van der Waals surface area contributed by atoms with Crippen LogP contribution in [0.5, 0.6) is 0 Å². The Bertz CT molecular complexity index is 1400. The van der Waals surface area contributed by atoms with Gasteiger partial charge in [-0.3, -0.25) is 14.4 Å². The predicted octanol–water partition coefficient (Wildman–Crippen LogP) is 0.787. The lowest BCUT2D eigenvalue weighted by molar-refractivity contribution is 0.102. The largest absolute Gasteiger partial charge is 0.422 e. The molecule has 0 aliphatic carbocycles. The number of rotatable bonds is 8. The minimum Gasteiger partial charge on any atom is -0.422 e. The number of oxazole rings is 1. The van der Waals surface area contributed by atoms with Crippen LogP contribution in [0.1, 0.15) is 10.4 Å². The standard InChI is InChI=1S/C24H29N9O4/c1-31-7-8-33(13-16(31)14-35)22-17(10-19-21(29-22)30-24(37-19)25-6-9-34)23(36)28-20-5-3-4-18(27-20)15-11-26-32(2)12-15/h3-5,10-12,16,34-35H,6-9,13-14H2,1-2H3,(H,25,29,30)(H,27,28,36). The van der Waals surface area contributed by atoms with E-state index >= 15 is 0 Å². The van der Waals surface area contributed by atoms with Crippen LogP contribution in [0.2, 0.25) is 0 Å². The van der Waals surface area contributed by atoms with E-state index in [4.69, 9.17) is 9.52 Å². The van der Waals surface area contributed by atoms with Crippen LogP contribution in [-0.2, 0) is 7.05 Å². The molecule has 1 aliphatic rings. The summed E-state index contributed by atoms with van der Waals surface area (Å²) in [6, 6.07) is 7.10. The van der Waals surface area contributed by atoms with Crippen molar-refractivity contribution >= 4 is 34.8 Å². The highest BCUT2D eigenvalue weighted by Crippen LogP contribution is 2.28. The van der Waals surface area contributed by atoms with Crippen LogP contribution in [0.25, 0.3) is 22.5 Å². The summed E-state index contributed by atoms with van der Waals surface area (Å²) < 4.78 is 7.41. The van der Waals surface area contributed by atoms with Crippen LogP contribution >= 0.6 is 0 Å². The highest BCUT2D eigenvalue weighted by molar-refractivity contribution is 6.08. The molecule has 1 saturated heterocycles. The number of anilines is 3. The molecule has 1 atom stereocenters. The van der Waals surface area contributed by atoms with Crippen LogP contribution < -0.4 is 15.5 Å². The van der Waals surface area contributed by atoms with Crippen LogP contribution in [0, 0.1) is 0 Å². The monoisotopic (exact) mass is 507 g/mol. The van der Waals surface area contributed by atoms with Crippen molar-refractivity contribution in [3.05, 3.63) is 42.2 Å². The Kier molecular flexibility index (Phi) is 6.99. The number of carbonyl (C=O) groups excluding carboxylic acids is 1. The quantitative estimate of drug-likeness (QED) is 0.267. The zero-order valence-corrected chi connectivity index (χ0v) is 20.6. The molecule has 0 radical (unpaired) electrons. The molecule has 0 bridgehead atoms. The van der Waals surface area contributed by atoms with Gasteiger partial charge in [-0.2, -0.15) is 10.1 Å².